The fourth-order valence-corrected chi connectivity index (χ4v) is 4.21. The van der Waals surface area contributed by atoms with Crippen molar-refractivity contribution in [3.8, 4) is 10.6 Å². The molecule has 0 bridgehead atoms. The summed E-state index contributed by atoms with van der Waals surface area (Å²) in [6.45, 7) is 0. The first-order valence-electron chi connectivity index (χ1n) is 9.09. The molecular formula is C23H16ClN3OS2. The Kier molecular flexibility index (Phi) is 6.18. The summed E-state index contributed by atoms with van der Waals surface area (Å²) in [5.41, 5.74) is 3.39. The lowest BCUT2D eigenvalue weighted by molar-refractivity contribution is -0.115. The number of hydrogen-bond acceptors (Lipinski definition) is 4. The maximum Gasteiger partial charge on any atom is 0.250 e. The monoisotopic (exact) mass is 449 g/mol. The van der Waals surface area contributed by atoms with Crippen molar-refractivity contribution in [2.45, 2.75) is 0 Å². The van der Waals surface area contributed by atoms with E-state index in [4.69, 9.17) is 28.8 Å². The quantitative estimate of drug-likeness (QED) is 0.290. The van der Waals surface area contributed by atoms with Gasteiger partial charge in [-0.3, -0.25) is 10.1 Å². The minimum absolute atomic E-state index is 0.197. The highest BCUT2D eigenvalue weighted by Gasteiger charge is 2.13. The van der Waals surface area contributed by atoms with Gasteiger partial charge in [-0.15, -0.1) is 11.3 Å². The van der Waals surface area contributed by atoms with Crippen molar-refractivity contribution in [1.29, 1.82) is 0 Å². The maximum atomic E-state index is 12.2. The van der Waals surface area contributed by atoms with Crippen LogP contribution < -0.4 is 10.6 Å². The van der Waals surface area contributed by atoms with Crippen molar-refractivity contribution in [2.24, 2.45) is 0 Å². The molecule has 1 aromatic heterocycles. The summed E-state index contributed by atoms with van der Waals surface area (Å²) in [6, 6.07) is 22.9. The first-order chi connectivity index (χ1) is 14.6. The van der Waals surface area contributed by atoms with Crippen LogP contribution in [0.5, 0.6) is 0 Å². The molecule has 0 fully saturated rings. The highest BCUT2D eigenvalue weighted by molar-refractivity contribution is 7.80. The Morgan fingerprint density at radius 3 is 2.60 bits per heavy atom. The van der Waals surface area contributed by atoms with Gasteiger partial charge in [0.1, 0.15) is 5.01 Å². The first-order valence-corrected chi connectivity index (χ1v) is 10.7. The number of aromatic nitrogens is 1. The minimum atomic E-state index is -0.313. The second-order valence-electron chi connectivity index (χ2n) is 6.36. The predicted molar refractivity (Wildman–Crippen MR) is 130 cm³/mol. The summed E-state index contributed by atoms with van der Waals surface area (Å²) in [4.78, 5) is 16.9. The molecule has 0 spiro atoms. The minimum Gasteiger partial charge on any atom is -0.332 e. The molecule has 0 saturated carbocycles. The summed E-state index contributed by atoms with van der Waals surface area (Å²) in [6.07, 6.45) is 3.17. The van der Waals surface area contributed by atoms with Crippen molar-refractivity contribution in [1.82, 2.24) is 10.3 Å². The van der Waals surface area contributed by atoms with Crippen LogP contribution in [0.1, 0.15) is 5.56 Å². The molecular weight excluding hydrogens is 434 g/mol. The number of carbonyl (C=O) groups excluding carboxylic acids is 1. The largest absolute Gasteiger partial charge is 0.332 e. The Hall–Kier alpha value is -3.06. The Bertz CT molecular complexity index is 1220. The molecule has 30 heavy (non-hydrogen) atoms. The van der Waals surface area contributed by atoms with Gasteiger partial charge in [0.15, 0.2) is 5.11 Å². The molecule has 3 aromatic carbocycles. The van der Waals surface area contributed by atoms with Crippen molar-refractivity contribution < 1.29 is 4.79 Å². The number of hydrogen-bond donors (Lipinski definition) is 2. The molecule has 148 valence electrons. The molecule has 0 unspecified atom stereocenters. The van der Waals surface area contributed by atoms with Gasteiger partial charge in [-0.1, -0.05) is 54.1 Å². The van der Waals surface area contributed by atoms with Crippen LogP contribution in [-0.2, 0) is 4.79 Å². The molecule has 4 aromatic rings. The Labute approximate surface area is 188 Å². The highest BCUT2D eigenvalue weighted by atomic mass is 35.5. The van der Waals surface area contributed by atoms with Crippen LogP contribution in [0.2, 0.25) is 5.02 Å². The maximum absolute atomic E-state index is 12.2. The zero-order valence-corrected chi connectivity index (χ0v) is 18.0. The lowest BCUT2D eigenvalue weighted by atomic mass is 10.2. The van der Waals surface area contributed by atoms with Gasteiger partial charge in [-0.05, 0) is 54.2 Å². The SMILES string of the molecule is O=C(/C=C/c1ccccc1)NC(=S)Nc1ccc(Cl)cc1-c1nc2ccccc2s1. The number of carbonyl (C=O) groups is 1. The van der Waals surface area contributed by atoms with E-state index < -0.39 is 0 Å². The molecule has 2 N–H and O–H groups in total. The van der Waals surface area contributed by atoms with E-state index in [-0.39, 0.29) is 11.0 Å². The van der Waals surface area contributed by atoms with Crippen LogP contribution in [0.25, 0.3) is 26.9 Å². The zero-order valence-electron chi connectivity index (χ0n) is 15.6. The Morgan fingerprint density at radius 2 is 1.80 bits per heavy atom. The number of benzene rings is 3. The molecule has 0 aliphatic rings. The molecule has 0 atom stereocenters. The lowest BCUT2D eigenvalue weighted by Crippen LogP contribution is -2.32. The second kappa shape index (κ2) is 9.17. The van der Waals surface area contributed by atoms with Crippen LogP contribution in [-0.4, -0.2) is 16.0 Å². The lowest BCUT2D eigenvalue weighted by Gasteiger charge is -2.12. The van der Waals surface area contributed by atoms with E-state index in [1.807, 2.05) is 66.7 Å². The third-order valence-electron chi connectivity index (χ3n) is 4.22. The molecule has 4 rings (SSSR count). The van der Waals surface area contributed by atoms with Crippen LogP contribution >= 0.6 is 35.2 Å². The zero-order chi connectivity index (χ0) is 20.9. The number of rotatable bonds is 4. The number of thiocarbonyl (C=S) groups is 1. The summed E-state index contributed by atoms with van der Waals surface area (Å²) in [7, 11) is 0. The van der Waals surface area contributed by atoms with Gasteiger partial charge in [-0.2, -0.15) is 0 Å². The fraction of sp³-hybridized carbons (Fsp3) is 0. The van der Waals surface area contributed by atoms with Gasteiger partial charge in [-0.25, -0.2) is 4.98 Å². The Morgan fingerprint density at radius 1 is 1.03 bits per heavy atom. The Balaban J connectivity index is 1.51. The molecule has 0 saturated heterocycles. The molecule has 4 nitrogen and oxygen atoms in total. The average Bonchev–Trinajstić information content (AvgIpc) is 3.18. The number of thiazole rings is 1. The standard InChI is InChI=1S/C23H16ClN3OS2/c24-16-11-12-18(17(14-16)22-25-19-8-4-5-9-20(19)30-22)26-23(29)27-21(28)13-10-15-6-2-1-3-7-15/h1-14H,(H2,26,27,28,29)/b13-10+. The highest BCUT2D eigenvalue weighted by Crippen LogP contribution is 2.36. The van der Waals surface area contributed by atoms with Gasteiger partial charge in [0.2, 0.25) is 5.91 Å². The van der Waals surface area contributed by atoms with Crippen molar-refractivity contribution in [2.75, 3.05) is 5.32 Å². The van der Waals surface area contributed by atoms with Gasteiger partial charge >= 0.3 is 0 Å². The van der Waals surface area contributed by atoms with Gasteiger partial charge in [0.05, 0.1) is 15.9 Å². The van der Waals surface area contributed by atoms with E-state index in [0.29, 0.717) is 5.02 Å². The van der Waals surface area contributed by atoms with Crippen molar-refractivity contribution >= 4 is 68.2 Å². The number of anilines is 1. The van der Waals surface area contributed by atoms with Crippen LogP contribution in [0.4, 0.5) is 5.69 Å². The third kappa shape index (κ3) is 4.91. The molecule has 7 heteroatoms. The van der Waals surface area contributed by atoms with Crippen LogP contribution in [0.3, 0.4) is 0 Å². The predicted octanol–water partition coefficient (Wildman–Crippen LogP) is 6.14. The van der Waals surface area contributed by atoms with Gasteiger partial charge in [0.25, 0.3) is 0 Å². The first kappa shape index (κ1) is 20.2. The molecule has 0 aliphatic carbocycles. The van der Waals surface area contributed by atoms with E-state index in [1.54, 1.807) is 23.5 Å². The summed E-state index contributed by atoms with van der Waals surface area (Å²) >= 11 is 13.1. The normalized spacial score (nSPS) is 11.0. The van der Waals surface area contributed by atoms with Crippen LogP contribution in [0, 0.1) is 0 Å². The second-order valence-corrected chi connectivity index (χ2v) is 8.24. The molecule has 0 radical (unpaired) electrons. The number of nitrogens with zero attached hydrogens (tertiary/aromatic N) is 1. The average molecular weight is 450 g/mol. The number of nitrogens with one attached hydrogen (secondary N) is 2. The van der Waals surface area contributed by atoms with E-state index >= 15 is 0 Å². The fourth-order valence-electron chi connectivity index (χ4n) is 2.83. The topological polar surface area (TPSA) is 54.0 Å². The van der Waals surface area contributed by atoms with Crippen molar-refractivity contribution in [3.63, 3.8) is 0 Å². The number of para-hydroxylation sites is 1. The summed E-state index contributed by atoms with van der Waals surface area (Å²) in [5, 5.41) is 7.35. The molecule has 0 aliphatic heterocycles. The van der Waals surface area contributed by atoms with Gasteiger partial charge < -0.3 is 5.32 Å². The smallest absolute Gasteiger partial charge is 0.250 e. The van der Waals surface area contributed by atoms with Crippen molar-refractivity contribution in [3.05, 3.63) is 89.5 Å². The van der Waals surface area contributed by atoms with Crippen LogP contribution in [0.15, 0.2) is 78.9 Å². The van der Waals surface area contributed by atoms with E-state index in [2.05, 4.69) is 10.6 Å². The summed E-state index contributed by atoms with van der Waals surface area (Å²) in [5.74, 6) is -0.313. The summed E-state index contributed by atoms with van der Waals surface area (Å²) < 4.78 is 1.08. The van der Waals surface area contributed by atoms with Gasteiger partial charge in [0, 0.05) is 16.7 Å². The number of fused-ring (bicyclic) bond motifs is 1. The number of halogens is 1. The third-order valence-corrected chi connectivity index (χ3v) is 5.73. The molecule has 1 amide bonds. The molecule has 1 heterocycles. The van der Waals surface area contributed by atoms with E-state index in [1.165, 1.54) is 6.08 Å². The van der Waals surface area contributed by atoms with E-state index in [9.17, 15) is 4.79 Å². The number of amides is 1. The van der Waals surface area contributed by atoms with E-state index in [0.717, 1.165) is 32.0 Å².